The number of carboxylic acid groups (broad SMARTS) is 4. The fourth-order valence-electron chi connectivity index (χ4n) is 18.5. The summed E-state index contributed by atoms with van der Waals surface area (Å²) in [4.78, 5) is 170. The van der Waals surface area contributed by atoms with Gasteiger partial charge in [0.15, 0.2) is 18.1 Å². The number of benzene rings is 8. The average Bonchev–Trinajstić information content (AvgIpc) is 1.28. The van der Waals surface area contributed by atoms with Crippen LogP contribution in [0.15, 0.2) is 217 Å². The summed E-state index contributed by atoms with van der Waals surface area (Å²) in [5.74, 6) is -4.34. The quantitative estimate of drug-likeness (QED) is 0.00739. The Morgan fingerprint density at radius 2 is 0.703 bits per heavy atom. The number of halogens is 8. The summed E-state index contributed by atoms with van der Waals surface area (Å²) >= 11 is 48.6. The molecule has 12 atom stereocenters. The standard InChI is InChI=1S/C28H27Cl2N3O4.C27H30Cl2N4O4.C27H28Cl2N4O4.C26H27Cl2N5O4/c29-21-4-3-5-22(30)26(21)27(35)33-23(28(36)37)14-17-7-9-18(10-8-17)15-24(34)19-11-12-20(16-19)32-25-6-1-2-13-31-25;2*28-20-5-2-6-21(29)24(20)25(35)33-22(26(36)37)13-16-7-9-17(10-8-16)14-23(34)18-3-1-4-19(15-18)32-27-30-11-12-31-27;27-19-5-2-6-20(28)23(19)24(35)33-21(25(36)37)11-15-7-9-16(10-8-15)12-22(34)17-3-1-4-18(13-17)32-26(30)31-14-29/h1-10,13,19-20,23H,11-12,14-16H2,(H,31,32)(H,33,35)(H,36,37);2,5-10,18-19,22H,1,3-4,11-15H2,(H,33,35)(H,36,37)(H2,30,31,32);2,5-12,18-19,22H,1,3-4,13-15H2,(H,33,35)(H,36,37)(H2,30,31,32);2,5-10,17-18,21H,1,3-4,11-13H2,(H,33,35)(H,36,37)(H3,30,31,32)/t19-,20+,23+;2*18-,19+,22+;17-,18+,21+/m1111/s1. The van der Waals surface area contributed by atoms with Crippen LogP contribution in [0.25, 0.3) is 0 Å². The van der Waals surface area contributed by atoms with Gasteiger partial charge >= 0.3 is 23.9 Å². The number of anilines is 2. The number of aliphatic carboxylic acids is 4. The highest BCUT2D eigenvalue weighted by Crippen LogP contribution is 2.36. The fraction of sp³-hybridized carbons (Fsp3) is 0.343. The van der Waals surface area contributed by atoms with Gasteiger partial charge in [-0.25, -0.2) is 34.1 Å². The van der Waals surface area contributed by atoms with E-state index in [9.17, 15) is 78.0 Å². The number of guanidine groups is 2. The highest BCUT2D eigenvalue weighted by Gasteiger charge is 2.36. The van der Waals surface area contributed by atoms with Crippen molar-refractivity contribution >= 4 is 187 Å². The second-order valence-electron chi connectivity index (χ2n) is 36.8. The van der Waals surface area contributed by atoms with Crippen molar-refractivity contribution in [3.8, 4) is 6.19 Å². The molecule has 0 spiro atoms. The third-order valence-corrected chi connectivity index (χ3v) is 28.7. The first-order valence-electron chi connectivity index (χ1n) is 48.4. The van der Waals surface area contributed by atoms with Gasteiger partial charge in [0.2, 0.25) is 5.96 Å². The Morgan fingerprint density at radius 3 is 1.01 bits per heavy atom. The molecule has 5 aliphatic rings. The van der Waals surface area contributed by atoms with Crippen molar-refractivity contribution in [2.75, 3.05) is 23.7 Å². The maximum atomic E-state index is 13.0. The molecule has 4 aliphatic carbocycles. The van der Waals surface area contributed by atoms with E-state index in [1.807, 2.05) is 54.6 Å². The first-order chi connectivity index (χ1) is 71.1. The van der Waals surface area contributed by atoms with Gasteiger partial charge in [-0.3, -0.25) is 48.7 Å². The summed E-state index contributed by atoms with van der Waals surface area (Å²) in [6, 6.07) is 48.9. The highest BCUT2D eigenvalue weighted by molar-refractivity contribution is 6.42. The van der Waals surface area contributed by atoms with Crippen LogP contribution in [-0.2, 0) is 89.7 Å². The van der Waals surface area contributed by atoms with Crippen molar-refractivity contribution in [3.05, 3.63) is 314 Å². The molecule has 8 aromatic carbocycles. The SMILES string of the molecule is N#CNC(N)=N[C@H]1CCC[C@@H](C(=O)Cc2ccc(C[C@H](NC(=O)c3c(Cl)cccc3Cl)C(=O)O)cc2)C1.O=C(N[C@@H](Cc1ccc(CC(=O)[C@@H]2CCC[C@H](NC3=NCCN3)C2)cc1)C(=O)O)c1c(Cl)cccc1Cl.O=C(N[C@@H](Cc1ccc(CC(=O)[C@@H]2CCC[C@H](Nc3ncc[nH]3)C2)cc1)C(=O)O)c1c(Cl)cccc1Cl.O=C(N[C@@H](Cc1ccc(CC(=O)[C@@H]2CC[C@H](Nc3ccccn3)C2)cc1)C(=O)O)c1c(Cl)cccc1Cl. The van der Waals surface area contributed by atoms with Crippen LogP contribution in [0.2, 0.25) is 40.2 Å². The van der Waals surface area contributed by atoms with Gasteiger partial charge in [-0.15, -0.1) is 0 Å². The summed E-state index contributed by atoms with van der Waals surface area (Å²) in [5, 5.41) is 74.0. The maximum Gasteiger partial charge on any atom is 0.326 e. The maximum absolute atomic E-state index is 13.0. The molecule has 32 nitrogen and oxygen atoms in total. The Morgan fingerprint density at radius 1 is 0.378 bits per heavy atom. The van der Waals surface area contributed by atoms with E-state index in [1.165, 1.54) is 48.5 Å². The van der Waals surface area contributed by atoms with Crippen molar-refractivity contribution in [1.29, 1.82) is 5.26 Å². The number of H-pyrrole nitrogens is 1. The number of aliphatic imine (C=N–C) groups is 2. The molecule has 3 heterocycles. The minimum atomic E-state index is -1.20. The molecule has 1 aliphatic heterocycles. The van der Waals surface area contributed by atoms with Gasteiger partial charge in [-0.05, 0) is 182 Å². The number of nitrogens with one attached hydrogen (secondary N) is 10. The smallest absolute Gasteiger partial charge is 0.326 e. The van der Waals surface area contributed by atoms with E-state index in [-0.39, 0.29) is 171 Å². The van der Waals surface area contributed by atoms with Crippen LogP contribution in [0.4, 0.5) is 11.8 Å². The lowest BCUT2D eigenvalue weighted by atomic mass is 9.81. The predicted molar refractivity (Wildman–Crippen MR) is 569 cm³/mol. The number of pyridine rings is 1. The number of carboxylic acids is 4. The second kappa shape index (κ2) is 56.1. The molecular formula is C108H112Cl8N16O16. The van der Waals surface area contributed by atoms with E-state index in [1.54, 1.807) is 110 Å². The Bertz CT molecular complexity index is 6390. The lowest BCUT2D eigenvalue weighted by Gasteiger charge is -2.29. The van der Waals surface area contributed by atoms with Crippen molar-refractivity contribution < 1.29 is 78.0 Å². The van der Waals surface area contributed by atoms with Crippen molar-refractivity contribution in [2.24, 2.45) is 39.4 Å². The fourth-order valence-corrected chi connectivity index (χ4v) is 20.7. The molecular weight excluding hydrogens is 2060 g/mol. The molecule has 16 N–H and O–H groups in total. The van der Waals surface area contributed by atoms with E-state index in [2.05, 4.69) is 72.8 Å². The molecule has 4 fully saturated rings. The van der Waals surface area contributed by atoms with Crippen molar-refractivity contribution in [3.63, 3.8) is 0 Å². The van der Waals surface area contributed by atoms with Gasteiger partial charge in [-0.1, -0.05) is 239 Å². The number of ketones is 4. The number of nitrogens with zero attached hydrogens (tertiary/aromatic N) is 5. The number of hydrogen-bond donors (Lipinski definition) is 15. The lowest BCUT2D eigenvalue weighted by Crippen LogP contribution is -2.44. The van der Waals surface area contributed by atoms with Crippen molar-refractivity contribution in [2.45, 2.75) is 196 Å². The number of aromatic nitrogens is 3. The third-order valence-electron chi connectivity index (χ3n) is 26.2. The first kappa shape index (κ1) is 113. The monoisotopic (exact) mass is 2170 g/mol. The summed E-state index contributed by atoms with van der Waals surface area (Å²) in [5.41, 5.74) is 12.1. The topological polar surface area (TPSA) is 510 Å². The van der Waals surface area contributed by atoms with Crippen molar-refractivity contribution in [1.82, 2.24) is 52.2 Å². The van der Waals surface area contributed by atoms with E-state index in [4.69, 9.17) is 104 Å². The van der Waals surface area contributed by atoms with E-state index in [0.29, 0.717) is 31.2 Å². The zero-order valence-corrected chi connectivity index (χ0v) is 86.3. The largest absolute Gasteiger partial charge is 0.480 e. The van der Waals surface area contributed by atoms with Gasteiger partial charge in [0.25, 0.3) is 23.6 Å². The van der Waals surface area contributed by atoms with E-state index >= 15 is 0 Å². The number of nitrogens with two attached hydrogens (primary N) is 1. The number of carbonyl (C=O) groups is 12. The molecule has 0 saturated heterocycles. The van der Waals surface area contributed by atoms with Crippen LogP contribution in [0.3, 0.4) is 0 Å². The van der Waals surface area contributed by atoms with Crippen LogP contribution in [0.5, 0.6) is 0 Å². The molecule has 0 bridgehead atoms. The van der Waals surface area contributed by atoms with E-state index in [0.717, 1.165) is 160 Å². The number of Topliss-reactive ketones (excluding diaryl/α,β-unsaturated/α-hetero) is 4. The number of rotatable bonds is 38. The molecule has 40 heteroatoms. The summed E-state index contributed by atoms with van der Waals surface area (Å²) in [7, 11) is 0. The summed E-state index contributed by atoms with van der Waals surface area (Å²) < 4.78 is 0. The number of nitriles is 1. The Labute approximate surface area is 895 Å². The van der Waals surface area contributed by atoms with Crippen LogP contribution in [0.1, 0.15) is 182 Å². The Balaban J connectivity index is 0.000000175. The molecule has 0 radical (unpaired) electrons. The Hall–Kier alpha value is -13.5. The molecule has 148 heavy (non-hydrogen) atoms. The van der Waals surface area contributed by atoms with Gasteiger partial charge in [0, 0.05) is 118 Å². The van der Waals surface area contributed by atoms with Crippen LogP contribution in [-0.4, -0.2) is 179 Å². The average molecular weight is 2170 g/mol. The number of imidazole rings is 1. The summed E-state index contributed by atoms with van der Waals surface area (Å²) in [6.45, 7) is 1.63. The van der Waals surface area contributed by atoms with Gasteiger partial charge in [0.1, 0.15) is 53.1 Å². The van der Waals surface area contributed by atoms with Gasteiger partial charge in [-0.2, -0.15) is 5.26 Å². The number of amides is 4. The van der Waals surface area contributed by atoms with Crippen LogP contribution >= 0.6 is 92.8 Å². The minimum absolute atomic E-state index is 0.00382. The van der Waals surface area contributed by atoms with Crippen LogP contribution in [0, 0.1) is 35.1 Å². The van der Waals surface area contributed by atoms with Gasteiger partial charge < -0.3 is 73.7 Å². The molecule has 776 valence electrons. The molecule has 15 rings (SSSR count). The minimum Gasteiger partial charge on any atom is -0.480 e. The van der Waals surface area contributed by atoms with Gasteiger partial charge in [0.05, 0.1) is 75.0 Å². The molecule has 4 amide bonds. The highest BCUT2D eigenvalue weighted by atomic mass is 35.5. The molecule has 10 aromatic rings. The number of carbonyl (C=O) groups excluding carboxylic acids is 8. The predicted octanol–water partition coefficient (Wildman–Crippen LogP) is 17.2. The number of aromatic amines is 1. The zero-order valence-electron chi connectivity index (χ0n) is 80.3. The molecule has 4 saturated carbocycles. The zero-order chi connectivity index (χ0) is 106. The van der Waals surface area contributed by atoms with Crippen LogP contribution < -0.4 is 53.6 Å². The third kappa shape index (κ3) is 34.3. The first-order valence-corrected chi connectivity index (χ1v) is 51.4. The summed E-state index contributed by atoms with van der Waals surface area (Å²) in [6.07, 6.45) is 21.3. The molecule has 0 unspecified atom stereocenters. The lowest BCUT2D eigenvalue weighted by molar-refractivity contribution is -0.140. The Kier molecular flexibility index (Phi) is 42.9. The number of hydrogen-bond acceptors (Lipinski definition) is 21. The normalized spacial score (nSPS) is 18.5. The van der Waals surface area contributed by atoms with E-state index < -0.39 is 71.7 Å². The second-order valence-corrected chi connectivity index (χ2v) is 40.1. The molecule has 2 aromatic heterocycles.